The molecule has 0 bridgehead atoms. The first-order chi connectivity index (χ1) is 12.1. The summed E-state index contributed by atoms with van der Waals surface area (Å²) in [5, 5.41) is 0.633. The molecule has 2 aromatic rings. The van der Waals surface area contributed by atoms with Gasteiger partial charge in [-0.25, -0.2) is 0 Å². The fourth-order valence-corrected chi connectivity index (χ4v) is 2.82. The molecule has 4 nitrogen and oxygen atoms in total. The zero-order valence-electron chi connectivity index (χ0n) is 15.0. The third-order valence-corrected chi connectivity index (χ3v) is 3.76. The van der Waals surface area contributed by atoms with Crippen LogP contribution in [0.4, 0.5) is 0 Å². The first-order valence-electron chi connectivity index (χ1n) is 8.43. The van der Waals surface area contributed by atoms with Gasteiger partial charge in [-0.15, -0.1) is 0 Å². The molecule has 2 aromatic carbocycles. The van der Waals surface area contributed by atoms with Crippen molar-refractivity contribution in [1.82, 2.24) is 0 Å². The van der Waals surface area contributed by atoms with E-state index in [-0.39, 0.29) is 0 Å². The minimum absolute atomic E-state index is 0.444. The lowest BCUT2D eigenvalue weighted by atomic mass is 10.1. The molecule has 0 spiro atoms. The van der Waals surface area contributed by atoms with Crippen molar-refractivity contribution >= 4 is 11.6 Å². The number of para-hydroxylation sites is 2. The fourth-order valence-electron chi connectivity index (χ4n) is 2.44. The molecule has 0 saturated carbocycles. The topological polar surface area (TPSA) is 36.9 Å². The molecule has 2 rings (SSSR count). The molecule has 0 heterocycles. The van der Waals surface area contributed by atoms with E-state index >= 15 is 0 Å². The molecule has 0 aliphatic carbocycles. The molecule has 0 atom stereocenters. The summed E-state index contributed by atoms with van der Waals surface area (Å²) in [5.74, 6) is 2.20. The Kier molecular flexibility index (Phi) is 7.89. The van der Waals surface area contributed by atoms with Crippen molar-refractivity contribution in [2.45, 2.75) is 20.8 Å². The highest BCUT2D eigenvalue weighted by atomic mass is 35.5. The van der Waals surface area contributed by atoms with Gasteiger partial charge in [0.25, 0.3) is 0 Å². The maximum absolute atomic E-state index is 6.21. The molecule has 0 N–H and O–H groups in total. The molecule has 0 unspecified atom stereocenters. The van der Waals surface area contributed by atoms with Gasteiger partial charge in [0.05, 0.1) is 24.8 Å². The fraction of sp³-hybridized carbons (Fsp3) is 0.400. The average Bonchev–Trinajstić information content (AvgIpc) is 2.57. The SMILES string of the molecule is CCOc1ccccc1OCCOCCOc1c(C)cc(C)cc1Cl. The van der Waals surface area contributed by atoms with Crippen molar-refractivity contribution in [3.63, 3.8) is 0 Å². The van der Waals surface area contributed by atoms with Gasteiger partial charge in [0.1, 0.15) is 19.0 Å². The Hall–Kier alpha value is -1.91. The van der Waals surface area contributed by atoms with E-state index in [1.165, 1.54) is 0 Å². The zero-order chi connectivity index (χ0) is 18.1. The number of hydrogen-bond acceptors (Lipinski definition) is 4. The monoisotopic (exact) mass is 364 g/mol. The summed E-state index contributed by atoms with van der Waals surface area (Å²) in [6.45, 7) is 8.39. The van der Waals surface area contributed by atoms with Crippen molar-refractivity contribution in [2.75, 3.05) is 33.0 Å². The van der Waals surface area contributed by atoms with Gasteiger partial charge >= 0.3 is 0 Å². The van der Waals surface area contributed by atoms with Gasteiger partial charge in [0.15, 0.2) is 11.5 Å². The molecule has 0 aromatic heterocycles. The molecule has 0 radical (unpaired) electrons. The average molecular weight is 365 g/mol. The van der Waals surface area contributed by atoms with E-state index in [9.17, 15) is 0 Å². The van der Waals surface area contributed by atoms with E-state index in [1.807, 2.05) is 57.2 Å². The molecule has 5 heteroatoms. The second-order valence-electron chi connectivity index (χ2n) is 5.58. The molecule has 0 aliphatic heterocycles. The molecule has 0 amide bonds. The largest absolute Gasteiger partial charge is 0.490 e. The van der Waals surface area contributed by atoms with Crippen LogP contribution in [0.5, 0.6) is 17.2 Å². The van der Waals surface area contributed by atoms with Crippen LogP contribution < -0.4 is 14.2 Å². The van der Waals surface area contributed by atoms with Crippen LogP contribution in [0.15, 0.2) is 36.4 Å². The lowest BCUT2D eigenvalue weighted by Gasteiger charge is -2.13. The summed E-state index contributed by atoms with van der Waals surface area (Å²) < 4.78 is 22.5. The first kappa shape index (κ1) is 19.4. The number of hydrogen-bond donors (Lipinski definition) is 0. The van der Waals surface area contributed by atoms with Crippen LogP contribution in [0.25, 0.3) is 0 Å². The van der Waals surface area contributed by atoms with Gasteiger partial charge in [-0.2, -0.15) is 0 Å². The van der Waals surface area contributed by atoms with Gasteiger partial charge in [-0.05, 0) is 50.1 Å². The summed E-state index contributed by atoms with van der Waals surface area (Å²) in [5.41, 5.74) is 2.15. The standard InChI is InChI=1S/C20H25ClO4/c1-4-23-18-7-5-6-8-19(18)24-11-9-22-10-12-25-20-16(3)13-15(2)14-17(20)21/h5-8,13-14H,4,9-12H2,1-3H3. The molecule has 136 valence electrons. The lowest BCUT2D eigenvalue weighted by molar-refractivity contribution is 0.0754. The van der Waals surface area contributed by atoms with Crippen molar-refractivity contribution in [3.8, 4) is 17.2 Å². The van der Waals surface area contributed by atoms with Crippen LogP contribution >= 0.6 is 11.6 Å². The number of halogens is 1. The summed E-state index contributed by atoms with van der Waals surface area (Å²) in [7, 11) is 0. The van der Waals surface area contributed by atoms with Gasteiger partial charge in [0.2, 0.25) is 0 Å². The Morgan fingerprint density at radius 3 is 2.12 bits per heavy atom. The number of rotatable bonds is 10. The Balaban J connectivity index is 1.66. The summed E-state index contributed by atoms with van der Waals surface area (Å²) in [6.07, 6.45) is 0. The normalized spacial score (nSPS) is 10.6. The second-order valence-corrected chi connectivity index (χ2v) is 5.99. The second kappa shape index (κ2) is 10.2. The van der Waals surface area contributed by atoms with E-state index < -0.39 is 0 Å². The Bertz CT molecular complexity index is 649. The van der Waals surface area contributed by atoms with Crippen LogP contribution in [0.3, 0.4) is 0 Å². The maximum Gasteiger partial charge on any atom is 0.161 e. The zero-order valence-corrected chi connectivity index (χ0v) is 15.8. The smallest absolute Gasteiger partial charge is 0.161 e. The lowest BCUT2D eigenvalue weighted by Crippen LogP contribution is -2.13. The van der Waals surface area contributed by atoms with E-state index in [0.29, 0.717) is 38.1 Å². The van der Waals surface area contributed by atoms with Crippen LogP contribution in [0.1, 0.15) is 18.1 Å². The predicted octanol–water partition coefficient (Wildman–Crippen LogP) is 4.83. The van der Waals surface area contributed by atoms with Gasteiger partial charge in [0, 0.05) is 0 Å². The van der Waals surface area contributed by atoms with Crippen molar-refractivity contribution in [1.29, 1.82) is 0 Å². The van der Waals surface area contributed by atoms with E-state index in [0.717, 1.165) is 28.4 Å². The highest BCUT2D eigenvalue weighted by Crippen LogP contribution is 2.29. The van der Waals surface area contributed by atoms with Crippen molar-refractivity contribution < 1.29 is 18.9 Å². The highest BCUT2D eigenvalue weighted by Gasteiger charge is 2.07. The Morgan fingerprint density at radius 2 is 1.48 bits per heavy atom. The molecule has 0 saturated heterocycles. The quantitative estimate of drug-likeness (QED) is 0.566. The minimum atomic E-state index is 0.444. The van der Waals surface area contributed by atoms with Gasteiger partial charge in [-0.3, -0.25) is 0 Å². The number of benzene rings is 2. The highest BCUT2D eigenvalue weighted by molar-refractivity contribution is 6.32. The summed E-state index contributed by atoms with van der Waals surface area (Å²) in [6, 6.07) is 11.6. The third-order valence-electron chi connectivity index (χ3n) is 3.48. The van der Waals surface area contributed by atoms with E-state index in [4.69, 9.17) is 30.5 Å². The van der Waals surface area contributed by atoms with Crippen LogP contribution in [0, 0.1) is 13.8 Å². The predicted molar refractivity (Wildman–Crippen MR) is 100 cm³/mol. The molecular formula is C20H25ClO4. The van der Waals surface area contributed by atoms with Gasteiger partial charge < -0.3 is 18.9 Å². The van der Waals surface area contributed by atoms with Crippen LogP contribution in [-0.4, -0.2) is 33.0 Å². The molecule has 0 aliphatic rings. The summed E-state index contributed by atoms with van der Waals surface area (Å²) >= 11 is 6.21. The Morgan fingerprint density at radius 1 is 0.840 bits per heavy atom. The van der Waals surface area contributed by atoms with E-state index in [1.54, 1.807) is 0 Å². The number of ether oxygens (including phenoxy) is 4. The minimum Gasteiger partial charge on any atom is -0.490 e. The first-order valence-corrected chi connectivity index (χ1v) is 8.81. The summed E-state index contributed by atoms with van der Waals surface area (Å²) in [4.78, 5) is 0. The molecule has 0 fully saturated rings. The van der Waals surface area contributed by atoms with Gasteiger partial charge in [-0.1, -0.05) is 29.8 Å². The van der Waals surface area contributed by atoms with Crippen molar-refractivity contribution in [3.05, 3.63) is 52.5 Å². The van der Waals surface area contributed by atoms with Crippen LogP contribution in [0.2, 0.25) is 5.02 Å². The van der Waals surface area contributed by atoms with E-state index in [2.05, 4.69) is 0 Å². The van der Waals surface area contributed by atoms with Crippen molar-refractivity contribution in [2.24, 2.45) is 0 Å². The Labute approximate surface area is 154 Å². The van der Waals surface area contributed by atoms with Crippen LogP contribution in [-0.2, 0) is 4.74 Å². The molecule has 25 heavy (non-hydrogen) atoms. The number of aryl methyl sites for hydroxylation is 2. The molecular weight excluding hydrogens is 340 g/mol. The third kappa shape index (κ3) is 6.15. The maximum atomic E-state index is 6.21.